The lowest BCUT2D eigenvalue weighted by atomic mass is 9.95. The largest absolute Gasteiger partial charge is 0.394 e. The summed E-state index contributed by atoms with van der Waals surface area (Å²) in [6, 6.07) is 8.41. The normalized spacial score (nSPS) is 13.7. The zero-order valence-corrected chi connectivity index (χ0v) is 20.2. The molecule has 2 aromatic rings. The van der Waals surface area contributed by atoms with Gasteiger partial charge in [0.05, 0.1) is 6.61 Å². The predicted molar refractivity (Wildman–Crippen MR) is 130 cm³/mol. The summed E-state index contributed by atoms with van der Waals surface area (Å²) in [7, 11) is 0. The molecule has 176 valence electrons. The fourth-order valence-corrected chi connectivity index (χ4v) is 3.77. The van der Waals surface area contributed by atoms with E-state index >= 15 is 0 Å². The summed E-state index contributed by atoms with van der Waals surface area (Å²) in [5.74, 6) is -0.768. The fourth-order valence-electron chi connectivity index (χ4n) is 2.68. The number of hydrogen-bond acceptors (Lipinski definition) is 7. The summed E-state index contributed by atoms with van der Waals surface area (Å²) in [4.78, 5) is 37.5. The molecule has 0 fully saturated rings. The molecule has 0 aliphatic rings. The SMILES string of the molecule is CCn1c(=O)/c(=C\Nc2cccc(NC(=O)C(C)(C)C)c2)s/c1=C(/C#N)C(=O)N[C@@H](C)CO. The van der Waals surface area contributed by atoms with Crippen LogP contribution in [0.3, 0.4) is 0 Å². The van der Waals surface area contributed by atoms with Crippen LogP contribution in [-0.4, -0.2) is 34.1 Å². The molecule has 0 aliphatic heterocycles. The van der Waals surface area contributed by atoms with Gasteiger partial charge in [-0.2, -0.15) is 5.26 Å². The Morgan fingerprint density at radius 3 is 2.55 bits per heavy atom. The molecule has 10 heteroatoms. The summed E-state index contributed by atoms with van der Waals surface area (Å²) < 4.78 is 1.92. The Labute approximate surface area is 196 Å². The first-order valence-electron chi connectivity index (χ1n) is 10.5. The second kappa shape index (κ2) is 10.9. The Hall–Kier alpha value is -3.42. The van der Waals surface area contributed by atoms with Gasteiger partial charge in [0.1, 0.15) is 15.3 Å². The second-order valence-electron chi connectivity index (χ2n) is 8.44. The van der Waals surface area contributed by atoms with E-state index in [1.165, 1.54) is 10.8 Å². The van der Waals surface area contributed by atoms with Gasteiger partial charge in [-0.05, 0) is 32.0 Å². The molecule has 9 nitrogen and oxygen atoms in total. The van der Waals surface area contributed by atoms with Gasteiger partial charge in [0.2, 0.25) is 5.91 Å². The van der Waals surface area contributed by atoms with Crippen molar-refractivity contribution in [1.29, 1.82) is 5.26 Å². The molecular formula is C23H29N5O4S. The number of thiazole rings is 1. The van der Waals surface area contributed by atoms with Gasteiger partial charge in [-0.25, -0.2) is 0 Å². The number of aliphatic hydroxyl groups excluding tert-OH is 1. The van der Waals surface area contributed by atoms with Gasteiger partial charge in [-0.3, -0.25) is 19.0 Å². The number of rotatable bonds is 7. The maximum atomic E-state index is 12.8. The number of amides is 2. The van der Waals surface area contributed by atoms with Gasteiger partial charge < -0.3 is 21.1 Å². The van der Waals surface area contributed by atoms with E-state index in [0.717, 1.165) is 11.3 Å². The third-order valence-corrected chi connectivity index (χ3v) is 5.73. The van der Waals surface area contributed by atoms with Crippen LogP contribution in [-0.2, 0) is 16.1 Å². The number of benzene rings is 1. The van der Waals surface area contributed by atoms with Gasteiger partial charge in [-0.15, -0.1) is 11.3 Å². The lowest BCUT2D eigenvalue weighted by Gasteiger charge is -2.18. The zero-order chi connectivity index (χ0) is 24.8. The van der Waals surface area contributed by atoms with Crippen molar-refractivity contribution in [2.75, 3.05) is 17.2 Å². The van der Waals surface area contributed by atoms with Crippen LogP contribution in [0.4, 0.5) is 11.4 Å². The maximum Gasteiger partial charge on any atom is 0.270 e. The number of aromatic nitrogens is 1. The number of carbonyl (C=O) groups is 2. The number of nitriles is 1. The predicted octanol–water partition coefficient (Wildman–Crippen LogP) is 0.936. The average Bonchev–Trinajstić information content (AvgIpc) is 3.07. The lowest BCUT2D eigenvalue weighted by molar-refractivity contribution is -0.123. The zero-order valence-electron chi connectivity index (χ0n) is 19.4. The van der Waals surface area contributed by atoms with Crippen molar-refractivity contribution < 1.29 is 14.7 Å². The van der Waals surface area contributed by atoms with E-state index < -0.39 is 17.4 Å². The highest BCUT2D eigenvalue weighted by Gasteiger charge is 2.21. The lowest BCUT2D eigenvalue weighted by Crippen LogP contribution is -2.38. The summed E-state index contributed by atoms with van der Waals surface area (Å²) in [6.45, 7) is 8.83. The number of anilines is 2. The van der Waals surface area contributed by atoms with E-state index in [1.807, 2.05) is 26.8 Å². The molecule has 2 amide bonds. The van der Waals surface area contributed by atoms with Crippen LogP contribution in [0.25, 0.3) is 11.8 Å². The number of nitrogens with zero attached hydrogens (tertiary/aromatic N) is 2. The molecule has 1 aromatic heterocycles. The highest BCUT2D eigenvalue weighted by Crippen LogP contribution is 2.20. The quantitative estimate of drug-likeness (QED) is 0.474. The molecule has 0 saturated carbocycles. The monoisotopic (exact) mass is 471 g/mol. The van der Waals surface area contributed by atoms with Crippen molar-refractivity contribution in [3.63, 3.8) is 0 Å². The van der Waals surface area contributed by atoms with Gasteiger partial charge in [0, 0.05) is 35.6 Å². The van der Waals surface area contributed by atoms with Gasteiger partial charge >= 0.3 is 0 Å². The van der Waals surface area contributed by atoms with Gasteiger partial charge in [0.15, 0.2) is 5.57 Å². The molecule has 0 aliphatic carbocycles. The number of carbonyl (C=O) groups excluding carboxylic acids is 2. The van der Waals surface area contributed by atoms with Crippen molar-refractivity contribution in [3.05, 3.63) is 43.8 Å². The van der Waals surface area contributed by atoms with Crippen molar-refractivity contribution in [1.82, 2.24) is 9.88 Å². The highest BCUT2D eigenvalue weighted by atomic mass is 32.1. The van der Waals surface area contributed by atoms with Crippen LogP contribution in [0.5, 0.6) is 0 Å². The minimum Gasteiger partial charge on any atom is -0.394 e. The van der Waals surface area contributed by atoms with E-state index in [1.54, 1.807) is 38.1 Å². The van der Waals surface area contributed by atoms with E-state index in [-0.39, 0.29) is 34.9 Å². The maximum absolute atomic E-state index is 12.8. The molecule has 0 unspecified atom stereocenters. The minimum atomic E-state index is -0.649. The standard InChI is InChI=1S/C23H29N5O4S/c1-6-28-20(31)18(33-21(28)17(11-24)19(30)26-14(2)13-29)12-25-15-8-7-9-16(10-15)27-22(32)23(3,4)5/h7-10,12,14,25,29H,6,13H2,1-5H3,(H,26,30)(H,27,32)/b18-12+,21-17-/t14-/m0/s1. The number of hydrogen-bond donors (Lipinski definition) is 4. The Bertz CT molecular complexity index is 1250. The van der Waals surface area contributed by atoms with Crippen LogP contribution in [0.15, 0.2) is 29.1 Å². The summed E-state index contributed by atoms with van der Waals surface area (Å²) in [5, 5.41) is 27.1. The topological polar surface area (TPSA) is 136 Å². The fraction of sp³-hybridized carbons (Fsp3) is 0.391. The molecule has 0 radical (unpaired) electrons. The molecule has 1 atom stereocenters. The van der Waals surface area contributed by atoms with Crippen LogP contribution < -0.4 is 30.7 Å². The molecule has 4 N–H and O–H groups in total. The summed E-state index contributed by atoms with van der Waals surface area (Å²) in [6.07, 6.45) is 1.51. The number of aliphatic hydroxyl groups is 1. The van der Waals surface area contributed by atoms with Crippen molar-refractivity contribution in [2.24, 2.45) is 5.41 Å². The summed E-state index contributed by atoms with van der Waals surface area (Å²) >= 11 is 1.02. The van der Waals surface area contributed by atoms with E-state index in [4.69, 9.17) is 5.11 Å². The van der Waals surface area contributed by atoms with Gasteiger partial charge in [0.25, 0.3) is 11.5 Å². The molecule has 0 bridgehead atoms. The smallest absolute Gasteiger partial charge is 0.270 e. The van der Waals surface area contributed by atoms with E-state index in [0.29, 0.717) is 15.9 Å². The number of nitrogens with one attached hydrogen (secondary N) is 3. The first-order chi connectivity index (χ1) is 15.5. The molecule has 0 saturated heterocycles. The Balaban J connectivity index is 2.43. The van der Waals surface area contributed by atoms with Crippen LogP contribution >= 0.6 is 11.3 Å². The van der Waals surface area contributed by atoms with Crippen LogP contribution in [0.2, 0.25) is 0 Å². The van der Waals surface area contributed by atoms with Crippen molar-refractivity contribution in [2.45, 2.75) is 47.2 Å². The molecule has 0 spiro atoms. The van der Waals surface area contributed by atoms with Crippen molar-refractivity contribution in [3.8, 4) is 6.07 Å². The van der Waals surface area contributed by atoms with Crippen molar-refractivity contribution >= 4 is 46.3 Å². The molecule has 33 heavy (non-hydrogen) atoms. The summed E-state index contributed by atoms with van der Waals surface area (Å²) in [5.41, 5.74) is 0.201. The van der Waals surface area contributed by atoms with Crippen LogP contribution in [0, 0.1) is 16.7 Å². The third kappa shape index (κ3) is 6.54. The minimum absolute atomic E-state index is 0.120. The first-order valence-corrected chi connectivity index (χ1v) is 11.3. The molecule has 1 aromatic carbocycles. The highest BCUT2D eigenvalue weighted by molar-refractivity contribution is 7.07. The van der Waals surface area contributed by atoms with E-state index in [9.17, 15) is 19.6 Å². The third-order valence-electron chi connectivity index (χ3n) is 4.60. The molecular weight excluding hydrogens is 442 g/mol. The first kappa shape index (κ1) is 25.8. The average molecular weight is 472 g/mol. The Morgan fingerprint density at radius 2 is 1.97 bits per heavy atom. The Kier molecular flexibility index (Phi) is 8.56. The second-order valence-corrected chi connectivity index (χ2v) is 9.47. The van der Waals surface area contributed by atoms with E-state index in [2.05, 4.69) is 16.0 Å². The Morgan fingerprint density at radius 1 is 1.30 bits per heavy atom. The van der Waals surface area contributed by atoms with Gasteiger partial charge in [-0.1, -0.05) is 26.8 Å². The molecule has 2 rings (SSSR count). The molecule has 1 heterocycles. The van der Waals surface area contributed by atoms with Crippen LogP contribution in [0.1, 0.15) is 34.6 Å².